The monoisotopic (exact) mass is 352 g/mol. The van der Waals surface area contributed by atoms with E-state index < -0.39 is 8.11 Å². The molecule has 0 aliphatic heterocycles. The molecule has 0 saturated heterocycles. The van der Waals surface area contributed by atoms with E-state index in [1.807, 2.05) is 0 Å². The first-order valence-electron chi connectivity index (χ1n) is 0.801. The van der Waals surface area contributed by atoms with Crippen molar-refractivity contribution in [3.05, 3.63) is 0 Å². The van der Waals surface area contributed by atoms with Gasteiger partial charge in [0.25, 0.3) is 0 Å². The van der Waals surface area contributed by atoms with Crippen molar-refractivity contribution in [2.45, 2.75) is 0 Å². The molecule has 0 aromatic heterocycles. The normalized spacial score (nSPS) is 8.57. The SMILES string of the molecule is [Eu+3].[O-][Si]([O-])([O-])Cl.[Sr+2]. The number of hydrogen-bond acceptors (Lipinski definition) is 3. The van der Waals surface area contributed by atoms with Crippen molar-refractivity contribution in [3.63, 3.8) is 0 Å². The van der Waals surface area contributed by atoms with E-state index in [4.69, 9.17) is 14.4 Å². The van der Waals surface area contributed by atoms with Gasteiger partial charge >= 0.3 is 94.9 Å². The Hall–Kier alpha value is 3.45. The Morgan fingerprint density at radius 3 is 1.14 bits per heavy atom. The summed E-state index contributed by atoms with van der Waals surface area (Å²) >= 11 is 4.00. The van der Waals surface area contributed by atoms with Crippen LogP contribution in [0.4, 0.5) is 0 Å². The van der Waals surface area contributed by atoms with Gasteiger partial charge in [0, 0.05) is 0 Å². The van der Waals surface area contributed by atoms with Gasteiger partial charge in [-0.25, -0.2) is 11.1 Å². The maximum Gasteiger partial charge on any atom is 3.00 e. The minimum absolute atomic E-state index is 0. The van der Waals surface area contributed by atoms with Crippen molar-refractivity contribution < 1.29 is 63.8 Å². The molecule has 36 valence electrons. The average Bonchev–Trinajstić information content (AvgIpc) is 0.722. The first-order valence-corrected chi connectivity index (χ1v) is 3.54. The van der Waals surface area contributed by atoms with E-state index in [0.717, 1.165) is 0 Å². The third kappa shape index (κ3) is 44.0. The van der Waals surface area contributed by atoms with Crippen LogP contribution in [-0.2, 0) is 0 Å². The Kier molecular flexibility index (Phi) is 18.2. The van der Waals surface area contributed by atoms with Crippen LogP contribution in [0.25, 0.3) is 0 Å². The second-order valence-electron chi connectivity index (χ2n) is 0.481. The second-order valence-corrected chi connectivity index (χ2v) is 2.83. The fourth-order valence-corrected chi connectivity index (χ4v) is 0. The fourth-order valence-electron chi connectivity index (χ4n) is 0. The molecule has 0 radical (unpaired) electrons. The molecular weight excluding hydrogens is 351 g/mol. The van der Waals surface area contributed by atoms with Gasteiger partial charge in [-0.3, -0.25) is 0 Å². The smallest absolute Gasteiger partial charge is 0.870 e. The van der Waals surface area contributed by atoms with Crippen LogP contribution < -0.4 is 14.4 Å². The van der Waals surface area contributed by atoms with Gasteiger partial charge in [0.15, 0.2) is 0 Å². The van der Waals surface area contributed by atoms with Crippen LogP contribution in [0.5, 0.6) is 0 Å². The van der Waals surface area contributed by atoms with Crippen LogP contribution in [-0.4, -0.2) is 53.6 Å². The summed E-state index contributed by atoms with van der Waals surface area (Å²) in [5.41, 5.74) is 0. The van der Waals surface area contributed by atoms with Crippen molar-refractivity contribution in [3.8, 4) is 0 Å². The first-order chi connectivity index (χ1) is 2.00. The Morgan fingerprint density at radius 1 is 1.14 bits per heavy atom. The zero-order valence-electron chi connectivity index (χ0n) is 3.19. The molecule has 0 amide bonds. The molecular formula is ClEuO3SiSr+2. The minimum Gasteiger partial charge on any atom is -0.870 e. The number of halogens is 1. The molecule has 0 aromatic rings. The molecule has 7 heavy (non-hydrogen) atoms. The summed E-state index contributed by atoms with van der Waals surface area (Å²) in [5.74, 6) is 0. The summed E-state index contributed by atoms with van der Waals surface area (Å²) in [4.78, 5) is 26.7. The molecule has 3 nitrogen and oxygen atoms in total. The topological polar surface area (TPSA) is 69.2 Å². The van der Waals surface area contributed by atoms with E-state index in [-0.39, 0.29) is 94.9 Å². The Morgan fingerprint density at radius 2 is 1.14 bits per heavy atom. The Balaban J connectivity index is -0.0000000800. The molecule has 0 aliphatic rings. The maximum absolute atomic E-state index is 8.90. The molecule has 0 aromatic carbocycles. The van der Waals surface area contributed by atoms with Crippen LogP contribution in [0.2, 0.25) is 0 Å². The van der Waals surface area contributed by atoms with Crippen LogP contribution in [0.3, 0.4) is 0 Å². The molecule has 0 spiro atoms. The van der Waals surface area contributed by atoms with Gasteiger partial charge in [-0.2, -0.15) is 8.11 Å². The zero-order chi connectivity index (χ0) is 4.50. The summed E-state index contributed by atoms with van der Waals surface area (Å²) in [6.45, 7) is 0. The van der Waals surface area contributed by atoms with Crippen molar-refractivity contribution in [1.82, 2.24) is 0 Å². The number of rotatable bonds is 0. The molecule has 7 heteroatoms. The molecule has 0 aliphatic carbocycles. The predicted molar refractivity (Wildman–Crippen MR) is 17.4 cm³/mol. The van der Waals surface area contributed by atoms with Crippen molar-refractivity contribution in [2.24, 2.45) is 0 Å². The number of hydrogen-bond donors (Lipinski definition) is 0. The molecule has 0 bridgehead atoms. The summed E-state index contributed by atoms with van der Waals surface area (Å²) in [7, 11) is -4.89. The van der Waals surface area contributed by atoms with Gasteiger partial charge in [-0.05, 0) is 0 Å². The van der Waals surface area contributed by atoms with E-state index in [2.05, 4.69) is 11.1 Å². The van der Waals surface area contributed by atoms with Gasteiger partial charge in [0.1, 0.15) is 0 Å². The van der Waals surface area contributed by atoms with E-state index >= 15 is 0 Å². The Labute approximate surface area is 125 Å². The van der Waals surface area contributed by atoms with Crippen LogP contribution in [0, 0.1) is 49.4 Å². The van der Waals surface area contributed by atoms with Crippen LogP contribution >= 0.6 is 11.1 Å². The van der Waals surface area contributed by atoms with Crippen LogP contribution in [0.1, 0.15) is 0 Å². The standard InChI is InChI=1S/ClO3Si.Eu.Sr/c1-5(2,3)4;;/q-3;+3;+2. The molecule has 0 fully saturated rings. The van der Waals surface area contributed by atoms with Crippen molar-refractivity contribution in [1.29, 1.82) is 0 Å². The molecule has 0 heterocycles. The van der Waals surface area contributed by atoms with E-state index in [9.17, 15) is 0 Å². The van der Waals surface area contributed by atoms with E-state index in [1.165, 1.54) is 0 Å². The Bertz CT molecular complexity index is 30.4. The maximum atomic E-state index is 8.90. The molecule has 0 N–H and O–H groups in total. The summed E-state index contributed by atoms with van der Waals surface area (Å²) in [6.07, 6.45) is 0. The first kappa shape index (κ1) is 16.8. The fraction of sp³-hybridized carbons (Fsp3) is 0. The van der Waals surface area contributed by atoms with Crippen molar-refractivity contribution in [2.75, 3.05) is 0 Å². The van der Waals surface area contributed by atoms with Crippen LogP contribution in [0.15, 0.2) is 0 Å². The summed E-state index contributed by atoms with van der Waals surface area (Å²) in [5, 5.41) is 0. The summed E-state index contributed by atoms with van der Waals surface area (Å²) in [6, 6.07) is 0. The molecule has 0 rings (SSSR count). The molecule has 0 unspecified atom stereocenters. The third-order valence-corrected chi connectivity index (χ3v) is 0. The minimum atomic E-state index is -4.89. The zero-order valence-corrected chi connectivity index (χ0v) is 10.8. The molecule has 0 atom stereocenters. The van der Waals surface area contributed by atoms with Gasteiger partial charge < -0.3 is 14.4 Å². The van der Waals surface area contributed by atoms with Gasteiger partial charge in [-0.15, -0.1) is 0 Å². The van der Waals surface area contributed by atoms with E-state index in [1.54, 1.807) is 0 Å². The third-order valence-electron chi connectivity index (χ3n) is 0. The second kappa shape index (κ2) is 7.56. The van der Waals surface area contributed by atoms with Gasteiger partial charge in [0.05, 0.1) is 0 Å². The van der Waals surface area contributed by atoms with Gasteiger partial charge in [0.2, 0.25) is 0 Å². The van der Waals surface area contributed by atoms with Crippen molar-refractivity contribution >= 4 is 64.7 Å². The largest absolute Gasteiger partial charge is 3.00 e. The average molecular weight is 351 g/mol. The van der Waals surface area contributed by atoms with E-state index in [0.29, 0.717) is 0 Å². The quantitative estimate of drug-likeness (QED) is 0.334. The summed E-state index contributed by atoms with van der Waals surface area (Å²) < 4.78 is 0. The van der Waals surface area contributed by atoms with Gasteiger partial charge in [-0.1, -0.05) is 0 Å². The molecule has 0 saturated carbocycles. The predicted octanol–water partition coefficient (Wildman–Crippen LogP) is -3.64.